The molecule has 4 heterocycles. The Kier molecular flexibility index (Phi) is 16.8. The van der Waals surface area contributed by atoms with Crippen molar-refractivity contribution < 1.29 is 33.5 Å². The van der Waals surface area contributed by atoms with E-state index in [1.54, 1.807) is 36.3 Å². The van der Waals surface area contributed by atoms with E-state index in [4.69, 9.17) is 9.26 Å². The number of likely N-dealkylation sites (tertiary alicyclic amines) is 1. The van der Waals surface area contributed by atoms with Gasteiger partial charge in [-0.25, -0.2) is 9.97 Å². The van der Waals surface area contributed by atoms with Gasteiger partial charge in [0.2, 0.25) is 17.7 Å². The molecule has 1 aliphatic heterocycles. The van der Waals surface area contributed by atoms with Crippen LogP contribution in [-0.4, -0.2) is 91.9 Å². The number of imidazole rings is 1. The number of nitrogens with one attached hydrogen (secondary N) is 2. The lowest BCUT2D eigenvalue weighted by Gasteiger charge is -2.36. The predicted octanol–water partition coefficient (Wildman–Crippen LogP) is 10.1. The minimum absolute atomic E-state index is 0.129. The molecular formula is C53H63BrN8O7S. The summed E-state index contributed by atoms with van der Waals surface area (Å²) in [5.41, 5.74) is 10.9. The summed E-state index contributed by atoms with van der Waals surface area (Å²) in [6.07, 6.45) is 7.16. The van der Waals surface area contributed by atoms with Crippen molar-refractivity contribution in [3.8, 4) is 27.3 Å². The molecule has 4 atom stereocenters. The van der Waals surface area contributed by atoms with Crippen LogP contribution < -0.4 is 15.5 Å². The number of hydrogen-bond donors (Lipinski definition) is 3. The van der Waals surface area contributed by atoms with Crippen molar-refractivity contribution in [3.63, 3.8) is 0 Å². The highest BCUT2D eigenvalue weighted by atomic mass is 79.9. The minimum atomic E-state index is -0.983. The standard InChI is InChI=1S/C53H63BrN8O7S/c1-32-12-13-40(48-34(3)59-69-36(48)5)26-44(32)61(41-18-19-43(42(54)27-41)60-22-20-55-30-60)21-10-9-11-23-68-29-46(63)58-50(53(6,7)8)52(67)62-28-37(25-47(64)65)24-45(62)57-51(66)33(2)38-14-16-39(17-15-38)49-35(4)56-31-70-49/h12-20,22,26-27,30-31,33,37,45,50H,9-11,21,23-25,28-29H2,1-8H3,(H,57,66)(H,58,63)(H,64,65)/t33-,37+,45-,50+/m0/s1. The summed E-state index contributed by atoms with van der Waals surface area (Å²) < 4.78 is 14.3. The Morgan fingerprint density at radius 1 is 0.986 bits per heavy atom. The molecule has 1 fully saturated rings. The second kappa shape index (κ2) is 22.7. The molecule has 0 radical (unpaired) electrons. The molecule has 17 heteroatoms. The molecule has 0 spiro atoms. The van der Waals surface area contributed by atoms with E-state index in [2.05, 4.69) is 89.9 Å². The molecule has 370 valence electrons. The van der Waals surface area contributed by atoms with Gasteiger partial charge >= 0.3 is 5.97 Å². The Hall–Kier alpha value is -6.17. The maximum Gasteiger partial charge on any atom is 0.303 e. The van der Waals surface area contributed by atoms with E-state index in [0.717, 1.165) is 84.2 Å². The molecule has 70 heavy (non-hydrogen) atoms. The number of aromatic nitrogens is 4. The van der Waals surface area contributed by atoms with Gasteiger partial charge in [0.25, 0.3) is 0 Å². The van der Waals surface area contributed by atoms with Gasteiger partial charge in [-0.2, -0.15) is 0 Å². The molecular weight excluding hydrogens is 973 g/mol. The molecule has 3 amide bonds. The first-order valence-corrected chi connectivity index (χ1v) is 25.4. The van der Waals surface area contributed by atoms with E-state index in [0.29, 0.717) is 19.6 Å². The number of carboxylic acid groups (broad SMARTS) is 1. The van der Waals surface area contributed by atoms with Crippen LogP contribution in [0.5, 0.6) is 0 Å². The van der Waals surface area contributed by atoms with Crippen molar-refractivity contribution in [2.24, 2.45) is 11.3 Å². The van der Waals surface area contributed by atoms with Crippen LogP contribution in [-0.2, 0) is 23.9 Å². The van der Waals surface area contributed by atoms with Crippen molar-refractivity contribution in [1.29, 1.82) is 0 Å². The molecule has 3 aromatic carbocycles. The van der Waals surface area contributed by atoms with Crippen LogP contribution in [0.15, 0.2) is 93.9 Å². The largest absolute Gasteiger partial charge is 0.481 e. The number of carboxylic acids is 1. The molecule has 3 N–H and O–H groups in total. The van der Waals surface area contributed by atoms with Gasteiger partial charge in [0.15, 0.2) is 0 Å². The number of carbonyl (C=O) groups excluding carboxylic acids is 3. The zero-order chi connectivity index (χ0) is 50.3. The second-order valence-electron chi connectivity index (χ2n) is 19.3. The average molecular weight is 1040 g/mol. The molecule has 1 aliphatic rings. The van der Waals surface area contributed by atoms with Crippen molar-refractivity contribution in [3.05, 3.63) is 118 Å². The topological polar surface area (TPSA) is 185 Å². The lowest BCUT2D eigenvalue weighted by molar-refractivity contribution is -0.143. The molecule has 15 nitrogen and oxygen atoms in total. The number of amides is 3. The lowest BCUT2D eigenvalue weighted by atomic mass is 9.85. The zero-order valence-corrected chi connectivity index (χ0v) is 43.5. The molecule has 0 saturated carbocycles. The van der Waals surface area contributed by atoms with Gasteiger partial charge in [0.1, 0.15) is 24.6 Å². The molecule has 0 bridgehead atoms. The number of benzene rings is 3. The number of carbonyl (C=O) groups is 4. The van der Waals surface area contributed by atoms with Gasteiger partial charge in [-0.1, -0.05) is 62.3 Å². The van der Waals surface area contributed by atoms with Crippen molar-refractivity contribution in [1.82, 2.24) is 35.2 Å². The van der Waals surface area contributed by atoms with E-state index in [1.807, 2.05) is 76.6 Å². The summed E-state index contributed by atoms with van der Waals surface area (Å²) in [5.74, 6) is -2.27. The maximum atomic E-state index is 14.4. The Morgan fingerprint density at radius 3 is 2.39 bits per heavy atom. The first-order chi connectivity index (χ1) is 33.4. The number of ether oxygens (including phenoxy) is 1. The number of thiazole rings is 1. The van der Waals surface area contributed by atoms with Crippen LogP contribution in [0.1, 0.15) is 94.0 Å². The monoisotopic (exact) mass is 1030 g/mol. The number of rotatable bonds is 20. The normalized spacial score (nSPS) is 15.7. The molecule has 6 aromatic rings. The summed E-state index contributed by atoms with van der Waals surface area (Å²) in [4.78, 5) is 67.0. The fraction of sp³-hybridized carbons (Fsp3) is 0.415. The first kappa shape index (κ1) is 51.7. The van der Waals surface area contributed by atoms with Gasteiger partial charge in [0.05, 0.1) is 39.7 Å². The van der Waals surface area contributed by atoms with Gasteiger partial charge < -0.3 is 39.4 Å². The molecule has 0 unspecified atom stereocenters. The third-order valence-corrected chi connectivity index (χ3v) is 14.5. The number of hydrogen-bond acceptors (Lipinski definition) is 11. The summed E-state index contributed by atoms with van der Waals surface area (Å²) >= 11 is 5.36. The molecule has 3 aromatic heterocycles. The quantitative estimate of drug-likeness (QED) is 0.0618. The van der Waals surface area contributed by atoms with Crippen molar-refractivity contribution >= 4 is 62.3 Å². The van der Waals surface area contributed by atoms with Gasteiger partial charge in [-0.05, 0) is 134 Å². The molecule has 1 saturated heterocycles. The highest BCUT2D eigenvalue weighted by Gasteiger charge is 2.43. The first-order valence-electron chi connectivity index (χ1n) is 23.7. The summed E-state index contributed by atoms with van der Waals surface area (Å²) in [5, 5.41) is 19.8. The van der Waals surface area contributed by atoms with Gasteiger partial charge in [-0.15, -0.1) is 11.3 Å². The fourth-order valence-corrected chi connectivity index (χ4v) is 10.5. The third kappa shape index (κ3) is 12.4. The van der Waals surface area contributed by atoms with E-state index in [9.17, 15) is 24.3 Å². The minimum Gasteiger partial charge on any atom is -0.481 e. The zero-order valence-electron chi connectivity index (χ0n) is 41.1. The number of aliphatic carboxylic acids is 1. The number of halogens is 1. The van der Waals surface area contributed by atoms with E-state index in [1.165, 1.54) is 4.90 Å². The predicted molar refractivity (Wildman–Crippen MR) is 275 cm³/mol. The Labute approximate surface area is 422 Å². The highest BCUT2D eigenvalue weighted by molar-refractivity contribution is 9.10. The lowest BCUT2D eigenvalue weighted by Crippen LogP contribution is -2.58. The van der Waals surface area contributed by atoms with Crippen LogP contribution >= 0.6 is 27.3 Å². The number of nitrogens with zero attached hydrogens (tertiary/aromatic N) is 6. The SMILES string of the molecule is Cc1ccc(-c2c(C)noc2C)cc1N(CCCCCOCC(=O)N[C@H](C(=O)N1C[C@@H](CC(=O)O)C[C@H]1NC(=O)[C@@H](C)c1ccc(-c2scnc2C)cc1)C(C)(C)C)c1ccc(-n2ccnc2)c(Br)c1. The van der Waals surface area contributed by atoms with Crippen LogP contribution in [0.4, 0.5) is 11.4 Å². The van der Waals surface area contributed by atoms with Crippen LogP contribution in [0.25, 0.3) is 27.3 Å². The van der Waals surface area contributed by atoms with Crippen LogP contribution in [0.2, 0.25) is 0 Å². The summed E-state index contributed by atoms with van der Waals surface area (Å²) in [7, 11) is 0. The number of anilines is 2. The number of aryl methyl sites for hydroxylation is 4. The average Bonchev–Trinajstić information content (AvgIpc) is 4.15. The van der Waals surface area contributed by atoms with Crippen molar-refractivity contribution in [2.75, 3.05) is 31.2 Å². The van der Waals surface area contributed by atoms with Gasteiger partial charge in [0, 0.05) is 59.9 Å². The van der Waals surface area contributed by atoms with Crippen LogP contribution in [0, 0.1) is 39.0 Å². The van der Waals surface area contributed by atoms with Gasteiger partial charge in [-0.3, -0.25) is 19.2 Å². The maximum absolute atomic E-state index is 14.4. The van der Waals surface area contributed by atoms with E-state index in [-0.39, 0.29) is 37.8 Å². The summed E-state index contributed by atoms with van der Waals surface area (Å²) in [6.45, 7) is 16.3. The van der Waals surface area contributed by atoms with E-state index < -0.39 is 41.3 Å². The van der Waals surface area contributed by atoms with Crippen molar-refractivity contribution in [2.45, 2.75) is 106 Å². The smallest absolute Gasteiger partial charge is 0.303 e. The Bertz CT molecular complexity index is 2760. The van der Waals surface area contributed by atoms with E-state index >= 15 is 0 Å². The third-order valence-electron chi connectivity index (χ3n) is 12.9. The molecule has 7 rings (SSSR count). The highest BCUT2D eigenvalue weighted by Crippen LogP contribution is 2.38. The Morgan fingerprint density at radius 2 is 1.74 bits per heavy atom. The second-order valence-corrected chi connectivity index (χ2v) is 21.0. The summed E-state index contributed by atoms with van der Waals surface area (Å²) in [6, 6.07) is 19.5. The van der Waals surface area contributed by atoms with Crippen LogP contribution in [0.3, 0.4) is 0 Å². The Balaban J connectivity index is 0.953. The molecule has 0 aliphatic carbocycles. The number of unbranched alkanes of at least 4 members (excludes halogenated alkanes) is 2. The fourth-order valence-electron chi connectivity index (χ4n) is 9.09.